The Kier molecular flexibility index (Phi) is 6.04. The fourth-order valence-corrected chi connectivity index (χ4v) is 3.10. The van der Waals surface area contributed by atoms with Gasteiger partial charge in [-0.3, -0.25) is 14.5 Å². The van der Waals surface area contributed by atoms with Crippen LogP contribution in [-0.4, -0.2) is 37.0 Å². The Morgan fingerprint density at radius 3 is 2.30 bits per heavy atom. The fourth-order valence-electron chi connectivity index (χ4n) is 3.10. The molecule has 2 amide bonds. The number of imide groups is 1. The second-order valence-corrected chi connectivity index (χ2v) is 6.40. The first-order valence-electron chi connectivity index (χ1n) is 9.16. The molecular weight excluding hydrogens is 340 g/mol. The van der Waals surface area contributed by atoms with Crippen LogP contribution < -0.4 is 5.32 Å². The van der Waals surface area contributed by atoms with Gasteiger partial charge in [0.2, 0.25) is 0 Å². The van der Waals surface area contributed by atoms with Gasteiger partial charge in [0.1, 0.15) is 5.70 Å². The molecule has 0 saturated carbocycles. The van der Waals surface area contributed by atoms with E-state index < -0.39 is 0 Å². The van der Waals surface area contributed by atoms with E-state index in [0.29, 0.717) is 30.8 Å². The van der Waals surface area contributed by atoms with Crippen molar-refractivity contribution in [2.45, 2.75) is 19.8 Å². The summed E-state index contributed by atoms with van der Waals surface area (Å²) in [5.41, 5.74) is 3.48. The SMILES string of the molecule is CCc1ccc(NC2=C(c3ccccc3)C(=O)N(CCCOC)C2=O)cc1. The monoisotopic (exact) mass is 364 g/mol. The highest BCUT2D eigenvalue weighted by molar-refractivity contribution is 6.36. The molecule has 0 spiro atoms. The second kappa shape index (κ2) is 8.64. The topological polar surface area (TPSA) is 58.6 Å². The van der Waals surface area contributed by atoms with Gasteiger partial charge < -0.3 is 10.1 Å². The van der Waals surface area contributed by atoms with E-state index in [4.69, 9.17) is 4.74 Å². The molecule has 0 fully saturated rings. The number of nitrogens with zero attached hydrogens (tertiary/aromatic N) is 1. The third-order valence-electron chi connectivity index (χ3n) is 4.59. The summed E-state index contributed by atoms with van der Waals surface area (Å²) in [4.78, 5) is 27.2. The van der Waals surface area contributed by atoms with Gasteiger partial charge in [-0.05, 0) is 36.1 Å². The summed E-state index contributed by atoms with van der Waals surface area (Å²) in [6.07, 6.45) is 1.55. The quantitative estimate of drug-likeness (QED) is 0.575. The average molecular weight is 364 g/mol. The molecule has 0 aliphatic carbocycles. The van der Waals surface area contributed by atoms with Crippen LogP contribution >= 0.6 is 0 Å². The highest BCUT2D eigenvalue weighted by Gasteiger charge is 2.38. The minimum Gasteiger partial charge on any atom is -0.385 e. The summed E-state index contributed by atoms with van der Waals surface area (Å²) in [5.74, 6) is -0.565. The minimum absolute atomic E-state index is 0.269. The minimum atomic E-state index is -0.297. The number of carbonyl (C=O) groups is 2. The molecular formula is C22H24N2O3. The first-order valence-corrected chi connectivity index (χ1v) is 9.16. The van der Waals surface area contributed by atoms with Crippen LogP contribution in [0.15, 0.2) is 60.3 Å². The van der Waals surface area contributed by atoms with Crippen LogP contribution in [0.4, 0.5) is 5.69 Å². The number of methoxy groups -OCH3 is 1. The van der Waals surface area contributed by atoms with E-state index in [1.54, 1.807) is 7.11 Å². The molecule has 0 radical (unpaired) electrons. The van der Waals surface area contributed by atoms with Crippen LogP contribution in [0.25, 0.3) is 5.57 Å². The maximum absolute atomic E-state index is 13.0. The van der Waals surface area contributed by atoms with E-state index in [2.05, 4.69) is 12.2 Å². The lowest BCUT2D eigenvalue weighted by Gasteiger charge is -2.15. The van der Waals surface area contributed by atoms with Crippen molar-refractivity contribution in [1.82, 2.24) is 4.90 Å². The number of anilines is 1. The zero-order chi connectivity index (χ0) is 19.2. The van der Waals surface area contributed by atoms with Gasteiger partial charge in [0.05, 0.1) is 5.57 Å². The summed E-state index contributed by atoms with van der Waals surface area (Å²) < 4.78 is 5.05. The zero-order valence-corrected chi connectivity index (χ0v) is 15.7. The number of nitrogens with one attached hydrogen (secondary N) is 1. The standard InChI is InChI=1S/C22H24N2O3/c1-3-16-10-12-18(13-11-16)23-20-19(17-8-5-4-6-9-17)21(25)24(22(20)26)14-7-15-27-2/h4-6,8-13,23H,3,7,14-15H2,1-2H3. The van der Waals surface area contributed by atoms with Gasteiger partial charge in [-0.15, -0.1) is 0 Å². The molecule has 0 aromatic heterocycles. The van der Waals surface area contributed by atoms with Gasteiger partial charge in [-0.2, -0.15) is 0 Å². The molecule has 140 valence electrons. The van der Waals surface area contributed by atoms with Crippen molar-refractivity contribution in [3.63, 3.8) is 0 Å². The Labute approximate surface area is 159 Å². The molecule has 2 aromatic rings. The predicted molar refractivity (Wildman–Crippen MR) is 106 cm³/mol. The van der Waals surface area contributed by atoms with Gasteiger partial charge in [0.15, 0.2) is 0 Å². The van der Waals surface area contributed by atoms with Crippen LogP contribution in [0.5, 0.6) is 0 Å². The van der Waals surface area contributed by atoms with E-state index in [1.165, 1.54) is 10.5 Å². The van der Waals surface area contributed by atoms with Crippen LogP contribution in [0, 0.1) is 0 Å². The lowest BCUT2D eigenvalue weighted by atomic mass is 10.0. The summed E-state index contributed by atoms with van der Waals surface area (Å²) in [7, 11) is 1.61. The molecule has 0 atom stereocenters. The lowest BCUT2D eigenvalue weighted by molar-refractivity contribution is -0.136. The Morgan fingerprint density at radius 2 is 1.67 bits per heavy atom. The largest absolute Gasteiger partial charge is 0.385 e. The number of rotatable bonds is 8. The van der Waals surface area contributed by atoms with Crippen molar-refractivity contribution in [3.05, 3.63) is 71.4 Å². The van der Waals surface area contributed by atoms with Crippen molar-refractivity contribution in [2.24, 2.45) is 0 Å². The van der Waals surface area contributed by atoms with E-state index in [9.17, 15) is 9.59 Å². The maximum atomic E-state index is 13.0. The Morgan fingerprint density at radius 1 is 0.963 bits per heavy atom. The van der Waals surface area contributed by atoms with Gasteiger partial charge in [0.25, 0.3) is 11.8 Å². The van der Waals surface area contributed by atoms with Crippen LogP contribution in [0.2, 0.25) is 0 Å². The molecule has 5 heteroatoms. The summed E-state index contributed by atoms with van der Waals surface area (Å²) in [6.45, 7) is 2.93. The van der Waals surface area contributed by atoms with Gasteiger partial charge in [-0.25, -0.2) is 0 Å². The molecule has 1 aliphatic rings. The summed E-state index contributed by atoms with van der Waals surface area (Å²) in [6, 6.07) is 17.2. The van der Waals surface area contributed by atoms with Crippen molar-refractivity contribution in [2.75, 3.05) is 25.6 Å². The molecule has 1 heterocycles. The molecule has 1 aliphatic heterocycles. The normalized spacial score (nSPS) is 14.2. The lowest BCUT2D eigenvalue weighted by Crippen LogP contribution is -2.33. The highest BCUT2D eigenvalue weighted by atomic mass is 16.5. The van der Waals surface area contributed by atoms with E-state index >= 15 is 0 Å². The molecule has 3 rings (SSSR count). The number of ether oxygens (including phenoxy) is 1. The Bertz CT molecular complexity index is 842. The van der Waals surface area contributed by atoms with Gasteiger partial charge in [-0.1, -0.05) is 49.4 Å². The number of hydrogen-bond acceptors (Lipinski definition) is 4. The molecule has 2 aromatic carbocycles. The van der Waals surface area contributed by atoms with Crippen molar-refractivity contribution >= 4 is 23.1 Å². The van der Waals surface area contributed by atoms with E-state index in [1.807, 2.05) is 54.6 Å². The Hall–Kier alpha value is -2.92. The van der Waals surface area contributed by atoms with Crippen molar-refractivity contribution in [1.29, 1.82) is 0 Å². The second-order valence-electron chi connectivity index (χ2n) is 6.40. The van der Waals surface area contributed by atoms with Crippen molar-refractivity contribution in [3.8, 4) is 0 Å². The summed E-state index contributed by atoms with van der Waals surface area (Å²) >= 11 is 0. The number of hydrogen-bond donors (Lipinski definition) is 1. The molecule has 0 unspecified atom stereocenters. The number of aryl methyl sites for hydroxylation is 1. The first-order chi connectivity index (χ1) is 13.2. The van der Waals surface area contributed by atoms with Gasteiger partial charge in [0, 0.05) is 25.9 Å². The van der Waals surface area contributed by atoms with E-state index in [-0.39, 0.29) is 11.8 Å². The van der Waals surface area contributed by atoms with Crippen LogP contribution in [-0.2, 0) is 20.7 Å². The molecule has 27 heavy (non-hydrogen) atoms. The van der Waals surface area contributed by atoms with Crippen LogP contribution in [0.3, 0.4) is 0 Å². The fraction of sp³-hybridized carbons (Fsp3) is 0.273. The highest BCUT2D eigenvalue weighted by Crippen LogP contribution is 2.30. The number of amides is 2. The first kappa shape index (κ1) is 18.9. The summed E-state index contributed by atoms with van der Waals surface area (Å²) in [5, 5.41) is 3.18. The van der Waals surface area contributed by atoms with Gasteiger partial charge >= 0.3 is 0 Å². The third-order valence-corrected chi connectivity index (χ3v) is 4.59. The Balaban J connectivity index is 1.94. The van der Waals surface area contributed by atoms with E-state index in [0.717, 1.165) is 17.7 Å². The molecule has 0 bridgehead atoms. The molecule has 0 saturated heterocycles. The zero-order valence-electron chi connectivity index (χ0n) is 15.7. The third kappa shape index (κ3) is 4.09. The maximum Gasteiger partial charge on any atom is 0.278 e. The molecule has 1 N–H and O–H groups in total. The average Bonchev–Trinajstić information content (AvgIpc) is 2.93. The smallest absolute Gasteiger partial charge is 0.278 e. The van der Waals surface area contributed by atoms with Crippen LogP contribution in [0.1, 0.15) is 24.5 Å². The van der Waals surface area contributed by atoms with Crippen molar-refractivity contribution < 1.29 is 14.3 Å². The number of benzene rings is 2. The predicted octanol–water partition coefficient (Wildman–Crippen LogP) is 3.48. The molecule has 5 nitrogen and oxygen atoms in total. The number of carbonyl (C=O) groups excluding carboxylic acids is 2.